The second-order valence-electron chi connectivity index (χ2n) is 4.85. The second-order valence-corrected chi connectivity index (χ2v) is 6.49. The number of hydrogen-bond donors (Lipinski definition) is 1. The quantitative estimate of drug-likeness (QED) is 0.784. The van der Waals surface area contributed by atoms with Gasteiger partial charge in [-0.1, -0.05) is 0 Å². The smallest absolute Gasteiger partial charge is 0.124 e. The van der Waals surface area contributed by atoms with E-state index in [2.05, 4.69) is 44.4 Å². The van der Waals surface area contributed by atoms with Crippen LogP contribution in [-0.2, 0) is 13.1 Å². The molecule has 0 bridgehead atoms. The first-order valence-corrected chi connectivity index (χ1v) is 8.19. The van der Waals surface area contributed by atoms with Crippen molar-refractivity contribution in [1.82, 2.24) is 20.1 Å². The van der Waals surface area contributed by atoms with E-state index in [4.69, 9.17) is 4.98 Å². The summed E-state index contributed by atoms with van der Waals surface area (Å²) in [6.07, 6.45) is 1.89. The fourth-order valence-electron chi connectivity index (χ4n) is 2.06. The van der Waals surface area contributed by atoms with Gasteiger partial charge in [0.1, 0.15) is 5.01 Å². The summed E-state index contributed by atoms with van der Waals surface area (Å²) in [7, 11) is 2.11. The lowest BCUT2D eigenvalue weighted by molar-refractivity contribution is 0.315. The van der Waals surface area contributed by atoms with Gasteiger partial charge >= 0.3 is 0 Å². The summed E-state index contributed by atoms with van der Waals surface area (Å²) in [5, 5.41) is 14.5. The molecule has 104 valence electrons. The van der Waals surface area contributed by atoms with Crippen LogP contribution in [0.3, 0.4) is 0 Å². The van der Waals surface area contributed by atoms with Gasteiger partial charge < -0.3 is 0 Å². The molecule has 0 saturated heterocycles. The summed E-state index contributed by atoms with van der Waals surface area (Å²) in [6.45, 7) is 3.78. The molecule has 0 saturated carbocycles. The first-order chi connectivity index (χ1) is 9.72. The van der Waals surface area contributed by atoms with E-state index in [-0.39, 0.29) is 0 Å². The van der Waals surface area contributed by atoms with Gasteiger partial charge in [-0.3, -0.25) is 10.00 Å². The van der Waals surface area contributed by atoms with E-state index < -0.39 is 0 Å². The molecule has 0 atom stereocenters. The Balaban J connectivity index is 1.65. The van der Waals surface area contributed by atoms with Crippen LogP contribution < -0.4 is 0 Å². The Morgan fingerprint density at radius 3 is 2.90 bits per heavy atom. The van der Waals surface area contributed by atoms with Crippen molar-refractivity contribution < 1.29 is 0 Å². The highest BCUT2D eigenvalue weighted by molar-refractivity contribution is 7.14. The Morgan fingerprint density at radius 1 is 1.30 bits per heavy atom. The number of aryl methyl sites for hydroxylation is 1. The topological polar surface area (TPSA) is 44.8 Å². The Kier molecular flexibility index (Phi) is 3.95. The van der Waals surface area contributed by atoms with Crippen LogP contribution in [0.4, 0.5) is 0 Å². The molecule has 6 heteroatoms. The van der Waals surface area contributed by atoms with Crippen molar-refractivity contribution in [3.05, 3.63) is 45.4 Å². The number of aromatic nitrogens is 3. The highest BCUT2D eigenvalue weighted by atomic mass is 32.1. The highest BCUT2D eigenvalue weighted by Gasteiger charge is 2.09. The summed E-state index contributed by atoms with van der Waals surface area (Å²) in [5.41, 5.74) is 4.72. The van der Waals surface area contributed by atoms with E-state index in [9.17, 15) is 0 Å². The lowest BCUT2D eigenvalue weighted by Gasteiger charge is -2.14. The van der Waals surface area contributed by atoms with Gasteiger partial charge in [0.25, 0.3) is 0 Å². The number of H-pyrrole nitrogens is 1. The fourth-order valence-corrected chi connectivity index (χ4v) is 3.58. The molecule has 0 aromatic carbocycles. The first kappa shape index (κ1) is 13.5. The maximum Gasteiger partial charge on any atom is 0.124 e. The third-order valence-electron chi connectivity index (χ3n) is 3.13. The molecule has 0 radical (unpaired) electrons. The van der Waals surface area contributed by atoms with E-state index in [1.807, 2.05) is 13.1 Å². The van der Waals surface area contributed by atoms with Crippen LogP contribution in [0.15, 0.2) is 28.4 Å². The molecule has 0 unspecified atom stereocenters. The average molecular weight is 304 g/mol. The average Bonchev–Trinajstić information content (AvgIpc) is 3.12. The molecule has 3 aromatic rings. The predicted octanol–water partition coefficient (Wildman–Crippen LogP) is 3.54. The number of nitrogens with zero attached hydrogens (tertiary/aromatic N) is 3. The van der Waals surface area contributed by atoms with Crippen LogP contribution in [0.1, 0.15) is 17.0 Å². The molecule has 0 aliphatic rings. The van der Waals surface area contributed by atoms with E-state index in [1.54, 1.807) is 22.7 Å². The number of thiazole rings is 1. The summed E-state index contributed by atoms with van der Waals surface area (Å²) in [4.78, 5) is 6.96. The van der Waals surface area contributed by atoms with E-state index in [0.29, 0.717) is 0 Å². The van der Waals surface area contributed by atoms with E-state index in [1.165, 1.54) is 11.1 Å². The van der Waals surface area contributed by atoms with Crippen molar-refractivity contribution in [3.8, 4) is 10.6 Å². The molecule has 3 aromatic heterocycles. The van der Waals surface area contributed by atoms with Crippen LogP contribution in [0.25, 0.3) is 10.6 Å². The third-order valence-corrected chi connectivity index (χ3v) is 4.75. The van der Waals surface area contributed by atoms with Crippen molar-refractivity contribution in [1.29, 1.82) is 0 Å². The zero-order chi connectivity index (χ0) is 13.9. The maximum atomic E-state index is 4.70. The largest absolute Gasteiger partial charge is 0.296 e. The van der Waals surface area contributed by atoms with Crippen molar-refractivity contribution in [2.24, 2.45) is 0 Å². The van der Waals surface area contributed by atoms with Crippen LogP contribution in [0.2, 0.25) is 0 Å². The number of nitrogens with one attached hydrogen (secondary N) is 1. The number of rotatable bonds is 5. The van der Waals surface area contributed by atoms with Gasteiger partial charge in [-0.15, -0.1) is 11.3 Å². The summed E-state index contributed by atoms with van der Waals surface area (Å²) in [5.74, 6) is 0. The van der Waals surface area contributed by atoms with Gasteiger partial charge in [-0.25, -0.2) is 4.98 Å². The minimum atomic E-state index is 0.852. The molecule has 0 fully saturated rings. The van der Waals surface area contributed by atoms with Gasteiger partial charge in [0.2, 0.25) is 0 Å². The zero-order valence-electron chi connectivity index (χ0n) is 11.5. The van der Waals surface area contributed by atoms with Gasteiger partial charge in [0.15, 0.2) is 0 Å². The predicted molar refractivity (Wildman–Crippen MR) is 83.9 cm³/mol. The zero-order valence-corrected chi connectivity index (χ0v) is 13.1. The maximum absolute atomic E-state index is 4.70. The number of aromatic amines is 1. The summed E-state index contributed by atoms with van der Waals surface area (Å²) in [6, 6.07) is 2.12. The molecular formula is C14H16N4S2. The standard InChI is InChI=1S/C14H16N4S2/c1-10-12(5-15-17-10)6-18(2)7-13-9-20-14(16-13)11-3-4-19-8-11/h3-5,8-9H,6-7H2,1-2H3,(H,15,17). The Bertz CT molecular complexity index is 669. The normalized spacial score (nSPS) is 11.3. The van der Waals surface area contributed by atoms with E-state index in [0.717, 1.165) is 29.5 Å². The Hall–Kier alpha value is -1.50. The first-order valence-electron chi connectivity index (χ1n) is 6.37. The second kappa shape index (κ2) is 5.87. The van der Waals surface area contributed by atoms with Crippen molar-refractivity contribution in [2.75, 3.05) is 7.05 Å². The summed E-state index contributed by atoms with van der Waals surface area (Å²) >= 11 is 3.42. The number of hydrogen-bond acceptors (Lipinski definition) is 5. The Morgan fingerprint density at radius 2 is 2.20 bits per heavy atom. The van der Waals surface area contributed by atoms with Crippen molar-refractivity contribution >= 4 is 22.7 Å². The summed E-state index contributed by atoms with van der Waals surface area (Å²) < 4.78 is 0. The molecule has 0 spiro atoms. The monoisotopic (exact) mass is 304 g/mol. The van der Waals surface area contributed by atoms with Crippen molar-refractivity contribution in [3.63, 3.8) is 0 Å². The van der Waals surface area contributed by atoms with Gasteiger partial charge in [-0.05, 0) is 25.4 Å². The molecule has 1 N–H and O–H groups in total. The molecule has 3 heterocycles. The SMILES string of the molecule is Cc1[nH]ncc1CN(C)Cc1csc(-c2ccsc2)n1. The van der Waals surface area contributed by atoms with Crippen molar-refractivity contribution in [2.45, 2.75) is 20.0 Å². The van der Waals surface area contributed by atoms with Crippen LogP contribution >= 0.6 is 22.7 Å². The Labute approximate surface area is 126 Å². The van der Waals surface area contributed by atoms with E-state index >= 15 is 0 Å². The van der Waals surface area contributed by atoms with Gasteiger partial charge in [0, 0.05) is 40.7 Å². The molecule has 0 amide bonds. The third kappa shape index (κ3) is 2.98. The van der Waals surface area contributed by atoms with Crippen LogP contribution in [0.5, 0.6) is 0 Å². The van der Waals surface area contributed by atoms with Gasteiger partial charge in [-0.2, -0.15) is 16.4 Å². The number of thiophene rings is 1. The fraction of sp³-hybridized carbons (Fsp3) is 0.286. The highest BCUT2D eigenvalue weighted by Crippen LogP contribution is 2.26. The molecule has 3 rings (SSSR count). The van der Waals surface area contributed by atoms with Crippen LogP contribution in [-0.4, -0.2) is 27.1 Å². The van der Waals surface area contributed by atoms with Gasteiger partial charge in [0.05, 0.1) is 11.9 Å². The molecule has 20 heavy (non-hydrogen) atoms. The minimum Gasteiger partial charge on any atom is -0.296 e. The molecule has 0 aliphatic heterocycles. The minimum absolute atomic E-state index is 0.852. The molecular weight excluding hydrogens is 288 g/mol. The lowest BCUT2D eigenvalue weighted by Crippen LogP contribution is -2.17. The van der Waals surface area contributed by atoms with Crippen LogP contribution in [0, 0.1) is 6.92 Å². The molecule has 4 nitrogen and oxygen atoms in total. The lowest BCUT2D eigenvalue weighted by atomic mass is 10.2. The molecule has 0 aliphatic carbocycles.